The first-order chi connectivity index (χ1) is 21.7. The average molecular weight is 641 g/mol. The number of halogens is 1. The Kier molecular flexibility index (Phi) is 9.91. The molecule has 0 radical (unpaired) electrons. The minimum atomic E-state index is -0.737. The Morgan fingerprint density at radius 3 is 2.07 bits per heavy atom. The minimum Gasteiger partial charge on any atom is -0.506 e. The van der Waals surface area contributed by atoms with Gasteiger partial charge < -0.3 is 39.3 Å². The lowest BCUT2D eigenvalue weighted by molar-refractivity contribution is 0.00647. The van der Waals surface area contributed by atoms with Crippen molar-refractivity contribution in [2.24, 2.45) is 5.92 Å². The summed E-state index contributed by atoms with van der Waals surface area (Å²) in [6.07, 6.45) is 2.35. The first-order valence-electron chi connectivity index (χ1n) is 16.5. The number of ether oxygens (including phenoxy) is 2. The Morgan fingerprint density at radius 2 is 1.46 bits per heavy atom. The molecule has 0 aromatic heterocycles. The number of likely N-dealkylation sites (tertiary alicyclic amines) is 1. The molecule has 3 aliphatic rings. The van der Waals surface area contributed by atoms with Gasteiger partial charge in [-0.15, -0.1) is 0 Å². The summed E-state index contributed by atoms with van der Waals surface area (Å²) in [4.78, 5) is 33.5. The molecule has 0 atom stereocenters. The molecule has 11 heteroatoms. The summed E-state index contributed by atoms with van der Waals surface area (Å²) in [5.74, 6) is 0.308. The number of amides is 2. The molecule has 0 aliphatic carbocycles. The molecule has 252 valence electrons. The second-order valence-electron chi connectivity index (χ2n) is 14.3. The number of aromatic hydroxyl groups is 1. The van der Waals surface area contributed by atoms with E-state index >= 15 is 0 Å². The summed E-state index contributed by atoms with van der Waals surface area (Å²) < 4.78 is 26.4. The number of hydrogen-bond acceptors (Lipinski definition) is 8. The summed E-state index contributed by atoms with van der Waals surface area (Å²) in [6.45, 7) is 13.7. The number of phenolic OH excluding ortho intramolecular Hbond substituents is 1. The van der Waals surface area contributed by atoms with Crippen molar-refractivity contribution in [2.75, 3.05) is 62.2 Å². The number of piperazine rings is 1. The van der Waals surface area contributed by atoms with Gasteiger partial charge in [-0.25, -0.2) is 9.18 Å². The fraction of sp³-hybridized carbons (Fsp3) is 0.600. The van der Waals surface area contributed by atoms with Crippen molar-refractivity contribution in [1.29, 1.82) is 0 Å². The number of nitrogens with zero attached hydrogens (tertiary/aromatic N) is 4. The van der Waals surface area contributed by atoms with Gasteiger partial charge in [0.1, 0.15) is 29.0 Å². The number of carbonyl (C=O) groups is 2. The zero-order valence-corrected chi connectivity index (χ0v) is 27.8. The molecule has 3 heterocycles. The highest BCUT2D eigenvalue weighted by molar-refractivity contribution is 5.95. The van der Waals surface area contributed by atoms with Gasteiger partial charge in [-0.1, -0.05) is 0 Å². The Bertz CT molecular complexity index is 1380. The number of rotatable bonds is 6. The highest BCUT2D eigenvalue weighted by Crippen LogP contribution is 2.35. The van der Waals surface area contributed by atoms with Crippen molar-refractivity contribution >= 4 is 23.4 Å². The Morgan fingerprint density at radius 1 is 0.804 bits per heavy atom. The number of hydrogen-bond donors (Lipinski definition) is 2. The molecule has 0 saturated carbocycles. The van der Waals surface area contributed by atoms with Crippen LogP contribution >= 0.6 is 0 Å². The van der Waals surface area contributed by atoms with Crippen LogP contribution in [0.2, 0.25) is 0 Å². The maximum Gasteiger partial charge on any atom is 0.410 e. The average Bonchev–Trinajstić information content (AvgIpc) is 3.00. The SMILES string of the molecule is CC(C)(C)OC(=O)N1CCN(c2cc(F)cc(OC3CCN(C(=O)c4ccc(O)c(N5CCC(C(C)(C)O)CC5)c4)CC3)c2)CC1. The third-order valence-corrected chi connectivity index (χ3v) is 9.24. The summed E-state index contributed by atoms with van der Waals surface area (Å²) in [6, 6.07) is 9.73. The standard InChI is InChI=1S/C35H49FN4O6/c1-34(2,3)46-33(43)40-18-16-37(17-19-40)27-21-26(36)22-29(23-27)45-28-10-14-39(15-11-28)32(42)24-6-7-31(41)30(20-24)38-12-8-25(9-13-38)35(4,5)44/h6-7,20-23,25,28,41,44H,8-19H2,1-5H3. The van der Waals surface area contributed by atoms with E-state index in [1.54, 1.807) is 28.0 Å². The maximum absolute atomic E-state index is 14.7. The van der Waals surface area contributed by atoms with E-state index in [9.17, 15) is 24.2 Å². The second kappa shape index (κ2) is 13.6. The molecule has 3 fully saturated rings. The van der Waals surface area contributed by atoms with Gasteiger partial charge in [0.15, 0.2) is 0 Å². The fourth-order valence-electron chi connectivity index (χ4n) is 6.56. The summed E-state index contributed by atoms with van der Waals surface area (Å²) in [5, 5.41) is 21.0. The predicted octanol–water partition coefficient (Wildman–Crippen LogP) is 5.26. The van der Waals surface area contributed by atoms with Crippen LogP contribution in [0, 0.1) is 11.7 Å². The molecule has 3 aliphatic heterocycles. The van der Waals surface area contributed by atoms with E-state index in [1.807, 2.05) is 45.6 Å². The molecule has 5 rings (SSSR count). The van der Waals surface area contributed by atoms with E-state index in [2.05, 4.69) is 4.90 Å². The smallest absolute Gasteiger partial charge is 0.410 e. The van der Waals surface area contributed by atoms with Gasteiger partial charge in [0.05, 0.1) is 11.3 Å². The summed E-state index contributed by atoms with van der Waals surface area (Å²) in [7, 11) is 0. The van der Waals surface area contributed by atoms with Gasteiger partial charge in [0, 0.05) is 88.6 Å². The van der Waals surface area contributed by atoms with Crippen LogP contribution in [-0.4, -0.2) is 102 Å². The Hall–Kier alpha value is -3.73. The number of aliphatic hydroxyl groups is 1. The largest absolute Gasteiger partial charge is 0.506 e. The third-order valence-electron chi connectivity index (χ3n) is 9.24. The van der Waals surface area contributed by atoms with E-state index < -0.39 is 11.2 Å². The molecule has 0 bridgehead atoms. The first kappa shape index (κ1) is 33.6. The molecule has 2 aromatic carbocycles. The van der Waals surface area contributed by atoms with Crippen molar-refractivity contribution in [3.05, 3.63) is 47.8 Å². The van der Waals surface area contributed by atoms with Crippen molar-refractivity contribution in [3.63, 3.8) is 0 Å². The van der Waals surface area contributed by atoms with E-state index in [4.69, 9.17) is 9.47 Å². The van der Waals surface area contributed by atoms with E-state index in [0.29, 0.717) is 87.9 Å². The number of benzene rings is 2. The molecule has 0 spiro atoms. The van der Waals surface area contributed by atoms with Crippen molar-refractivity contribution < 1.29 is 33.7 Å². The normalized spacial score (nSPS) is 18.9. The van der Waals surface area contributed by atoms with Crippen LogP contribution in [0.5, 0.6) is 11.5 Å². The van der Waals surface area contributed by atoms with Crippen LogP contribution in [0.4, 0.5) is 20.6 Å². The predicted molar refractivity (Wildman–Crippen MR) is 175 cm³/mol. The van der Waals surface area contributed by atoms with Crippen LogP contribution in [0.1, 0.15) is 70.7 Å². The van der Waals surface area contributed by atoms with Crippen LogP contribution < -0.4 is 14.5 Å². The Labute approximate surface area is 271 Å². The number of anilines is 2. The quantitative estimate of drug-likeness (QED) is 0.441. The lowest BCUT2D eigenvalue weighted by atomic mass is 9.83. The third kappa shape index (κ3) is 8.34. The summed E-state index contributed by atoms with van der Waals surface area (Å²) in [5.41, 5.74) is 0.584. The molecule has 2 N–H and O–H groups in total. The topological polar surface area (TPSA) is 106 Å². The highest BCUT2D eigenvalue weighted by Gasteiger charge is 2.32. The number of carbonyl (C=O) groups excluding carboxylic acids is 2. The highest BCUT2D eigenvalue weighted by atomic mass is 19.1. The van der Waals surface area contributed by atoms with Crippen LogP contribution in [0.25, 0.3) is 0 Å². The fourth-order valence-corrected chi connectivity index (χ4v) is 6.56. The maximum atomic E-state index is 14.7. The van der Waals surface area contributed by atoms with Gasteiger partial charge in [0.25, 0.3) is 5.91 Å². The zero-order chi connectivity index (χ0) is 33.2. The molecule has 46 heavy (non-hydrogen) atoms. The van der Waals surface area contributed by atoms with Gasteiger partial charge in [-0.2, -0.15) is 0 Å². The Balaban J connectivity index is 1.14. The van der Waals surface area contributed by atoms with Gasteiger partial charge >= 0.3 is 6.09 Å². The number of piperidine rings is 2. The lowest BCUT2D eigenvalue weighted by Gasteiger charge is -2.39. The summed E-state index contributed by atoms with van der Waals surface area (Å²) >= 11 is 0. The van der Waals surface area contributed by atoms with Crippen molar-refractivity contribution in [1.82, 2.24) is 9.80 Å². The molecular weight excluding hydrogens is 591 g/mol. The molecule has 3 saturated heterocycles. The first-order valence-corrected chi connectivity index (χ1v) is 16.5. The number of phenols is 1. The van der Waals surface area contributed by atoms with Crippen molar-refractivity contribution in [2.45, 2.75) is 77.6 Å². The van der Waals surface area contributed by atoms with Crippen LogP contribution in [0.15, 0.2) is 36.4 Å². The van der Waals surface area contributed by atoms with E-state index in [0.717, 1.165) is 12.8 Å². The lowest BCUT2D eigenvalue weighted by Crippen LogP contribution is -2.50. The van der Waals surface area contributed by atoms with Crippen LogP contribution in [0.3, 0.4) is 0 Å². The van der Waals surface area contributed by atoms with Crippen molar-refractivity contribution in [3.8, 4) is 11.5 Å². The molecule has 2 amide bonds. The van der Waals surface area contributed by atoms with Gasteiger partial charge in [-0.05, 0) is 77.6 Å². The van der Waals surface area contributed by atoms with Gasteiger partial charge in [-0.3, -0.25) is 4.79 Å². The second-order valence-corrected chi connectivity index (χ2v) is 14.3. The zero-order valence-electron chi connectivity index (χ0n) is 27.8. The van der Waals surface area contributed by atoms with Gasteiger partial charge in [0.2, 0.25) is 0 Å². The molecule has 0 unspecified atom stereocenters. The minimum absolute atomic E-state index is 0.0929. The molecule has 10 nitrogen and oxygen atoms in total. The molecule has 2 aromatic rings. The molecular formula is C35H49FN4O6. The monoisotopic (exact) mass is 640 g/mol. The van der Waals surface area contributed by atoms with E-state index in [1.165, 1.54) is 12.1 Å². The van der Waals surface area contributed by atoms with Crippen LogP contribution in [-0.2, 0) is 4.74 Å². The van der Waals surface area contributed by atoms with E-state index in [-0.39, 0.29) is 35.6 Å².